The summed E-state index contributed by atoms with van der Waals surface area (Å²) in [5.74, 6) is 0.953. The second-order valence-corrected chi connectivity index (χ2v) is 6.71. The van der Waals surface area contributed by atoms with Crippen LogP contribution in [0.5, 0.6) is 0 Å². The van der Waals surface area contributed by atoms with Crippen molar-refractivity contribution in [3.05, 3.63) is 52.6 Å². The zero-order valence-corrected chi connectivity index (χ0v) is 18.7. The molecule has 1 aromatic heterocycles. The molecule has 0 aliphatic rings. The van der Waals surface area contributed by atoms with Crippen LogP contribution in [0.2, 0.25) is 0 Å². The van der Waals surface area contributed by atoms with E-state index in [0.29, 0.717) is 24.6 Å². The predicted octanol–water partition coefficient (Wildman–Crippen LogP) is 3.82. The Morgan fingerprint density at radius 2 is 2.08 bits per heavy atom. The molecule has 0 saturated heterocycles. The molecule has 0 aliphatic heterocycles. The Morgan fingerprint density at radius 1 is 1.38 bits per heavy atom. The lowest BCUT2D eigenvalue weighted by Gasteiger charge is -2.22. The number of aryl methyl sites for hydroxylation is 2. The number of halogens is 2. The van der Waals surface area contributed by atoms with Crippen LogP contribution in [-0.4, -0.2) is 34.7 Å². The van der Waals surface area contributed by atoms with Gasteiger partial charge in [0.15, 0.2) is 5.96 Å². The molecule has 1 aromatic carbocycles. The SMILES string of the molecule is CN=C(NCc1ccc(C)c(F)c1)N(C)Cc1cn(C)nc1C(C)C.I. The van der Waals surface area contributed by atoms with Gasteiger partial charge in [-0.2, -0.15) is 5.10 Å². The monoisotopic (exact) mass is 473 g/mol. The van der Waals surface area contributed by atoms with E-state index in [2.05, 4.69) is 35.5 Å². The maximum atomic E-state index is 13.7. The lowest BCUT2D eigenvalue weighted by molar-refractivity contribution is 0.473. The van der Waals surface area contributed by atoms with Gasteiger partial charge < -0.3 is 10.2 Å². The summed E-state index contributed by atoms with van der Waals surface area (Å²) >= 11 is 0. The van der Waals surface area contributed by atoms with Crippen molar-refractivity contribution < 1.29 is 4.39 Å². The van der Waals surface area contributed by atoms with Crippen LogP contribution in [0.4, 0.5) is 4.39 Å². The molecule has 0 radical (unpaired) electrons. The van der Waals surface area contributed by atoms with E-state index in [1.807, 2.05) is 29.7 Å². The fourth-order valence-corrected chi connectivity index (χ4v) is 2.81. The summed E-state index contributed by atoms with van der Waals surface area (Å²) in [4.78, 5) is 6.38. The van der Waals surface area contributed by atoms with Gasteiger partial charge in [0.05, 0.1) is 5.69 Å². The minimum Gasteiger partial charge on any atom is -0.352 e. The highest BCUT2D eigenvalue weighted by molar-refractivity contribution is 14.0. The normalized spacial score (nSPS) is 11.5. The van der Waals surface area contributed by atoms with Crippen LogP contribution in [0.3, 0.4) is 0 Å². The Bertz CT molecular complexity index is 754. The van der Waals surface area contributed by atoms with E-state index >= 15 is 0 Å². The average molecular weight is 473 g/mol. The number of nitrogens with one attached hydrogen (secondary N) is 1. The fraction of sp³-hybridized carbons (Fsp3) is 0.474. The molecule has 2 aromatic rings. The second-order valence-electron chi connectivity index (χ2n) is 6.71. The first-order valence-electron chi connectivity index (χ1n) is 8.51. The molecule has 7 heteroatoms. The molecule has 1 N–H and O–H groups in total. The van der Waals surface area contributed by atoms with Crippen molar-refractivity contribution in [3.8, 4) is 0 Å². The van der Waals surface area contributed by atoms with E-state index in [4.69, 9.17) is 0 Å². The van der Waals surface area contributed by atoms with E-state index in [-0.39, 0.29) is 29.8 Å². The zero-order valence-electron chi connectivity index (χ0n) is 16.4. The lowest BCUT2D eigenvalue weighted by Crippen LogP contribution is -2.38. The van der Waals surface area contributed by atoms with Gasteiger partial charge in [0.2, 0.25) is 0 Å². The Morgan fingerprint density at radius 3 is 2.65 bits per heavy atom. The van der Waals surface area contributed by atoms with Gasteiger partial charge in [0.25, 0.3) is 0 Å². The number of hydrogen-bond donors (Lipinski definition) is 1. The van der Waals surface area contributed by atoms with E-state index in [9.17, 15) is 4.39 Å². The Labute approximate surface area is 172 Å². The van der Waals surface area contributed by atoms with Crippen molar-refractivity contribution in [2.24, 2.45) is 12.0 Å². The highest BCUT2D eigenvalue weighted by atomic mass is 127. The van der Waals surface area contributed by atoms with Crippen molar-refractivity contribution in [1.29, 1.82) is 0 Å². The van der Waals surface area contributed by atoms with Crippen molar-refractivity contribution in [3.63, 3.8) is 0 Å². The molecule has 5 nitrogen and oxygen atoms in total. The van der Waals surface area contributed by atoms with E-state index in [0.717, 1.165) is 17.2 Å². The zero-order chi connectivity index (χ0) is 18.6. The number of rotatable bonds is 5. The standard InChI is InChI=1S/C19H28FN5.HI/c1-13(2)18-16(12-25(6)23-18)11-24(5)19(21-4)22-10-15-8-7-14(3)17(20)9-15;/h7-9,12-13H,10-11H2,1-6H3,(H,21,22);1H. The molecule has 0 saturated carbocycles. The van der Waals surface area contributed by atoms with Crippen LogP contribution in [-0.2, 0) is 20.1 Å². The van der Waals surface area contributed by atoms with Crippen molar-refractivity contribution in [2.45, 2.75) is 39.8 Å². The van der Waals surface area contributed by atoms with E-state index < -0.39 is 0 Å². The van der Waals surface area contributed by atoms with E-state index in [1.165, 1.54) is 5.56 Å². The van der Waals surface area contributed by atoms with Gasteiger partial charge in [-0.15, -0.1) is 24.0 Å². The first-order chi connectivity index (χ1) is 11.8. The number of benzene rings is 1. The van der Waals surface area contributed by atoms with E-state index in [1.54, 1.807) is 26.1 Å². The molecule has 0 aliphatic carbocycles. The topological polar surface area (TPSA) is 45.5 Å². The minimum atomic E-state index is -0.181. The molecule has 0 unspecified atom stereocenters. The summed E-state index contributed by atoms with van der Waals surface area (Å²) in [6, 6.07) is 5.29. The first-order valence-corrected chi connectivity index (χ1v) is 8.51. The summed E-state index contributed by atoms with van der Waals surface area (Å²) in [7, 11) is 5.68. The third-order valence-electron chi connectivity index (χ3n) is 4.15. The molecule has 0 spiro atoms. The van der Waals surface area contributed by atoms with Gasteiger partial charge >= 0.3 is 0 Å². The Hall–Kier alpha value is -1.64. The van der Waals surface area contributed by atoms with Crippen molar-refractivity contribution >= 4 is 29.9 Å². The maximum Gasteiger partial charge on any atom is 0.193 e. The van der Waals surface area contributed by atoms with Crippen LogP contribution in [0, 0.1) is 12.7 Å². The molecular weight excluding hydrogens is 444 g/mol. The first kappa shape index (κ1) is 22.4. The lowest BCUT2D eigenvalue weighted by atomic mass is 10.1. The van der Waals surface area contributed by atoms with Crippen LogP contribution < -0.4 is 5.32 Å². The van der Waals surface area contributed by atoms with Crippen LogP contribution >= 0.6 is 24.0 Å². The van der Waals surface area contributed by atoms with Crippen molar-refractivity contribution in [2.75, 3.05) is 14.1 Å². The quantitative estimate of drug-likeness (QED) is 0.408. The molecular formula is C19H29FIN5. The van der Waals surface area contributed by atoms with Gasteiger partial charge in [0.1, 0.15) is 5.82 Å². The second kappa shape index (κ2) is 9.89. The van der Waals surface area contributed by atoms with Crippen LogP contribution in [0.1, 0.15) is 42.1 Å². The predicted molar refractivity (Wildman–Crippen MR) is 116 cm³/mol. The molecule has 26 heavy (non-hydrogen) atoms. The van der Waals surface area contributed by atoms with Gasteiger partial charge in [-0.1, -0.05) is 26.0 Å². The largest absolute Gasteiger partial charge is 0.352 e. The molecule has 0 atom stereocenters. The minimum absolute atomic E-state index is 0. The average Bonchev–Trinajstić information content (AvgIpc) is 2.92. The summed E-state index contributed by atoms with van der Waals surface area (Å²) in [6.07, 6.45) is 2.05. The summed E-state index contributed by atoms with van der Waals surface area (Å²) in [5, 5.41) is 7.84. The van der Waals surface area contributed by atoms with Crippen LogP contribution in [0.25, 0.3) is 0 Å². The van der Waals surface area contributed by atoms with Gasteiger partial charge in [0, 0.05) is 46.0 Å². The van der Waals surface area contributed by atoms with Crippen molar-refractivity contribution in [1.82, 2.24) is 20.0 Å². The molecule has 2 rings (SSSR count). The smallest absolute Gasteiger partial charge is 0.193 e. The number of aliphatic imine (C=N–C) groups is 1. The van der Waals surface area contributed by atoms with Gasteiger partial charge in [-0.3, -0.25) is 9.67 Å². The highest BCUT2D eigenvalue weighted by Gasteiger charge is 2.15. The van der Waals surface area contributed by atoms with Gasteiger partial charge in [-0.25, -0.2) is 4.39 Å². The summed E-state index contributed by atoms with van der Waals surface area (Å²) < 4.78 is 15.5. The highest BCUT2D eigenvalue weighted by Crippen LogP contribution is 2.18. The van der Waals surface area contributed by atoms with Gasteiger partial charge in [-0.05, 0) is 30.0 Å². The summed E-state index contributed by atoms with van der Waals surface area (Å²) in [5.41, 5.74) is 3.83. The molecule has 1 heterocycles. The Balaban J connectivity index is 0.00000338. The van der Waals surface area contributed by atoms with Crippen LogP contribution in [0.15, 0.2) is 29.4 Å². The fourth-order valence-electron chi connectivity index (χ4n) is 2.81. The molecule has 0 bridgehead atoms. The summed E-state index contributed by atoms with van der Waals surface area (Å²) in [6.45, 7) is 7.29. The third kappa shape index (κ3) is 5.69. The molecule has 144 valence electrons. The third-order valence-corrected chi connectivity index (χ3v) is 4.15. The number of guanidine groups is 1. The molecule has 0 amide bonds. The molecule has 0 fully saturated rings. The number of nitrogens with zero attached hydrogens (tertiary/aromatic N) is 4. The Kier molecular flexibility index (Phi) is 8.52. The number of hydrogen-bond acceptors (Lipinski definition) is 2. The maximum absolute atomic E-state index is 13.7. The number of aromatic nitrogens is 2.